The van der Waals surface area contributed by atoms with Crippen molar-refractivity contribution in [3.05, 3.63) is 34.2 Å². The van der Waals surface area contributed by atoms with Crippen LogP contribution in [-0.4, -0.2) is 22.2 Å². The first-order valence-electron chi connectivity index (χ1n) is 6.07. The van der Waals surface area contributed by atoms with E-state index in [2.05, 4.69) is 18.3 Å². The van der Waals surface area contributed by atoms with Gasteiger partial charge in [0.15, 0.2) is 0 Å². The van der Waals surface area contributed by atoms with Crippen LogP contribution in [0.3, 0.4) is 0 Å². The van der Waals surface area contributed by atoms with Crippen molar-refractivity contribution >= 4 is 11.0 Å². The van der Waals surface area contributed by atoms with Crippen LogP contribution in [0.2, 0.25) is 0 Å². The highest BCUT2D eigenvalue weighted by molar-refractivity contribution is 5.79. The predicted molar refractivity (Wildman–Crippen MR) is 68.4 cm³/mol. The summed E-state index contributed by atoms with van der Waals surface area (Å²) in [6.45, 7) is 3.95. The molecule has 1 saturated heterocycles. The Labute approximate surface area is 99.9 Å². The number of hydrogen-bond acceptors (Lipinski definition) is 2. The number of hydrogen-bond donors (Lipinski definition) is 1. The molecule has 2 aromatic rings. The molecule has 0 spiro atoms. The smallest absolute Gasteiger partial charge is 0.315 e. The molecule has 4 heteroatoms. The summed E-state index contributed by atoms with van der Waals surface area (Å²) in [7, 11) is 1.86. The zero-order valence-electron chi connectivity index (χ0n) is 10.2. The molecule has 0 radical (unpaired) electrons. The molecule has 1 unspecified atom stereocenters. The van der Waals surface area contributed by atoms with Crippen LogP contribution in [0.5, 0.6) is 0 Å². The summed E-state index contributed by atoms with van der Waals surface area (Å²) in [5.74, 6) is 0. The first-order valence-corrected chi connectivity index (χ1v) is 6.07. The van der Waals surface area contributed by atoms with Gasteiger partial charge in [0.2, 0.25) is 0 Å². The molecule has 17 heavy (non-hydrogen) atoms. The van der Waals surface area contributed by atoms with Gasteiger partial charge < -0.3 is 5.32 Å². The van der Waals surface area contributed by atoms with Gasteiger partial charge in [-0.05, 0) is 31.5 Å². The molecular formula is C13H17N3O. The molecule has 0 aliphatic carbocycles. The number of nitrogens with zero attached hydrogens (tertiary/aromatic N) is 2. The Morgan fingerprint density at radius 3 is 2.94 bits per heavy atom. The molecule has 2 heterocycles. The summed E-state index contributed by atoms with van der Waals surface area (Å²) < 4.78 is 3.71. The average molecular weight is 231 g/mol. The molecule has 0 saturated carbocycles. The molecule has 3 rings (SSSR count). The van der Waals surface area contributed by atoms with Crippen molar-refractivity contribution in [1.82, 2.24) is 14.5 Å². The molecule has 0 amide bonds. The summed E-state index contributed by atoms with van der Waals surface area (Å²) in [5, 5.41) is 3.32. The summed E-state index contributed by atoms with van der Waals surface area (Å²) in [5.41, 5.74) is 3.38. The quantitative estimate of drug-likeness (QED) is 0.800. The normalized spacial score (nSPS) is 20.2. The lowest BCUT2D eigenvalue weighted by atomic mass is 10.2. The number of benzene rings is 1. The fraction of sp³-hybridized carbons (Fsp3) is 0.462. The van der Waals surface area contributed by atoms with Crippen LogP contribution in [0.25, 0.3) is 11.0 Å². The molecule has 1 atom stereocenters. The Hall–Kier alpha value is -1.55. The molecule has 1 fully saturated rings. The van der Waals surface area contributed by atoms with Gasteiger partial charge in [-0.3, -0.25) is 9.13 Å². The van der Waals surface area contributed by atoms with Gasteiger partial charge in [-0.15, -0.1) is 0 Å². The molecule has 0 bridgehead atoms. The second kappa shape index (κ2) is 3.74. The number of aryl methyl sites for hydroxylation is 2. The molecule has 90 valence electrons. The number of para-hydroxylation sites is 1. The fourth-order valence-electron chi connectivity index (χ4n) is 2.85. The van der Waals surface area contributed by atoms with E-state index in [0.717, 1.165) is 36.1 Å². The van der Waals surface area contributed by atoms with Crippen LogP contribution in [0.4, 0.5) is 0 Å². The number of rotatable bonds is 1. The van der Waals surface area contributed by atoms with Crippen molar-refractivity contribution in [2.45, 2.75) is 19.4 Å². The van der Waals surface area contributed by atoms with E-state index in [0.29, 0.717) is 6.04 Å². The van der Waals surface area contributed by atoms with Gasteiger partial charge in [-0.1, -0.05) is 12.1 Å². The third kappa shape index (κ3) is 1.44. The molecule has 1 aliphatic rings. The van der Waals surface area contributed by atoms with E-state index >= 15 is 0 Å². The number of fused-ring (bicyclic) bond motifs is 1. The topological polar surface area (TPSA) is 39.0 Å². The zero-order valence-corrected chi connectivity index (χ0v) is 10.2. The van der Waals surface area contributed by atoms with Crippen LogP contribution in [0, 0.1) is 6.92 Å². The Bertz CT molecular complexity index is 617. The van der Waals surface area contributed by atoms with E-state index in [1.165, 1.54) is 0 Å². The van der Waals surface area contributed by atoms with E-state index in [4.69, 9.17) is 0 Å². The van der Waals surface area contributed by atoms with Crippen molar-refractivity contribution in [1.29, 1.82) is 0 Å². The highest BCUT2D eigenvalue weighted by Gasteiger charge is 2.22. The van der Waals surface area contributed by atoms with E-state index in [-0.39, 0.29) is 5.69 Å². The van der Waals surface area contributed by atoms with Crippen molar-refractivity contribution in [3.8, 4) is 0 Å². The second-order valence-electron chi connectivity index (χ2n) is 4.80. The van der Waals surface area contributed by atoms with Crippen LogP contribution in [0.15, 0.2) is 23.0 Å². The van der Waals surface area contributed by atoms with E-state index in [9.17, 15) is 4.79 Å². The number of nitrogens with one attached hydrogen (secondary N) is 1. The lowest BCUT2D eigenvalue weighted by Gasteiger charge is -2.10. The maximum Gasteiger partial charge on any atom is 0.329 e. The summed E-state index contributed by atoms with van der Waals surface area (Å²) in [6, 6.07) is 6.42. The molecule has 1 aliphatic heterocycles. The van der Waals surface area contributed by atoms with Gasteiger partial charge in [0, 0.05) is 13.6 Å². The van der Waals surface area contributed by atoms with Crippen molar-refractivity contribution < 1.29 is 0 Å². The predicted octanol–water partition coefficient (Wildman–Crippen LogP) is 1.18. The van der Waals surface area contributed by atoms with E-state index in [1.54, 1.807) is 4.57 Å². The minimum absolute atomic E-state index is 0.100. The lowest BCUT2D eigenvalue weighted by Crippen LogP contribution is -2.27. The monoisotopic (exact) mass is 231 g/mol. The maximum absolute atomic E-state index is 12.3. The molecule has 1 aromatic carbocycles. The van der Waals surface area contributed by atoms with Crippen LogP contribution in [0.1, 0.15) is 18.0 Å². The third-order valence-electron chi connectivity index (χ3n) is 3.70. The summed E-state index contributed by atoms with van der Waals surface area (Å²) in [6.07, 6.45) is 1.03. The Balaban J connectivity index is 2.34. The number of imidazole rings is 1. The standard InChI is InChI=1S/C13H17N3O/c1-9-4-3-5-11-12(9)15(2)13(17)16(11)10-6-7-14-8-10/h3-5,10,14H,6-8H2,1-2H3. The molecule has 1 aromatic heterocycles. The lowest BCUT2D eigenvalue weighted by molar-refractivity contribution is 0.535. The van der Waals surface area contributed by atoms with Gasteiger partial charge in [0.05, 0.1) is 17.1 Å². The maximum atomic E-state index is 12.3. The highest BCUT2D eigenvalue weighted by atomic mass is 16.1. The van der Waals surface area contributed by atoms with Crippen LogP contribution < -0.4 is 11.0 Å². The minimum atomic E-state index is 0.100. The third-order valence-corrected chi connectivity index (χ3v) is 3.70. The van der Waals surface area contributed by atoms with E-state index < -0.39 is 0 Å². The first kappa shape index (κ1) is 10.6. The van der Waals surface area contributed by atoms with Crippen molar-refractivity contribution in [2.75, 3.05) is 13.1 Å². The first-order chi connectivity index (χ1) is 8.20. The van der Waals surface area contributed by atoms with Crippen LogP contribution in [-0.2, 0) is 7.05 Å². The zero-order chi connectivity index (χ0) is 12.0. The highest BCUT2D eigenvalue weighted by Crippen LogP contribution is 2.22. The van der Waals surface area contributed by atoms with Crippen LogP contribution >= 0.6 is 0 Å². The fourth-order valence-corrected chi connectivity index (χ4v) is 2.85. The summed E-state index contributed by atoms with van der Waals surface area (Å²) in [4.78, 5) is 12.3. The van der Waals surface area contributed by atoms with Gasteiger partial charge in [-0.25, -0.2) is 4.79 Å². The molecular weight excluding hydrogens is 214 g/mol. The SMILES string of the molecule is Cc1cccc2c1n(C)c(=O)n2C1CCNC1. The summed E-state index contributed by atoms with van der Waals surface area (Å²) >= 11 is 0. The molecule has 1 N–H and O–H groups in total. The van der Waals surface area contributed by atoms with Crippen molar-refractivity contribution in [2.24, 2.45) is 7.05 Å². The average Bonchev–Trinajstić information content (AvgIpc) is 2.89. The second-order valence-corrected chi connectivity index (χ2v) is 4.80. The Morgan fingerprint density at radius 1 is 1.41 bits per heavy atom. The van der Waals surface area contributed by atoms with Gasteiger partial charge in [0.1, 0.15) is 0 Å². The van der Waals surface area contributed by atoms with Gasteiger partial charge >= 0.3 is 5.69 Å². The Morgan fingerprint density at radius 2 is 2.24 bits per heavy atom. The molecule has 4 nitrogen and oxygen atoms in total. The number of aromatic nitrogens is 2. The largest absolute Gasteiger partial charge is 0.329 e. The Kier molecular flexibility index (Phi) is 2.33. The van der Waals surface area contributed by atoms with E-state index in [1.807, 2.05) is 23.7 Å². The van der Waals surface area contributed by atoms with Gasteiger partial charge in [0.25, 0.3) is 0 Å². The van der Waals surface area contributed by atoms with Gasteiger partial charge in [-0.2, -0.15) is 0 Å². The van der Waals surface area contributed by atoms with Crippen molar-refractivity contribution in [3.63, 3.8) is 0 Å². The minimum Gasteiger partial charge on any atom is -0.315 e.